The molecule has 0 aliphatic carbocycles. The van der Waals surface area contributed by atoms with Crippen molar-refractivity contribution in [2.75, 3.05) is 0 Å². The molecule has 3 heteroatoms. The maximum atomic E-state index is 5.16. The minimum atomic E-state index is 0.0899. The van der Waals surface area contributed by atoms with Crippen LogP contribution in [0.3, 0.4) is 0 Å². The van der Waals surface area contributed by atoms with E-state index in [0.717, 1.165) is 42.9 Å². The van der Waals surface area contributed by atoms with Gasteiger partial charge >= 0.3 is 0 Å². The fraction of sp³-hybridized carbons (Fsp3) is 0.469. The van der Waals surface area contributed by atoms with Crippen LogP contribution in [0.4, 0.5) is 0 Å². The van der Waals surface area contributed by atoms with E-state index < -0.39 is 0 Å². The van der Waals surface area contributed by atoms with E-state index in [1.165, 1.54) is 102 Å². The molecule has 1 aromatic heterocycles. The Morgan fingerprint density at radius 2 is 1.00 bits per heavy atom. The maximum absolute atomic E-state index is 5.16. The quantitative estimate of drug-likeness (QED) is 0.0962. The van der Waals surface area contributed by atoms with Crippen molar-refractivity contribution in [1.29, 1.82) is 0 Å². The zero-order chi connectivity index (χ0) is 37.3. The average Bonchev–Trinajstić information content (AvgIpc) is 3.48. The zero-order valence-electron chi connectivity index (χ0n) is 33.9. The fourth-order valence-corrected chi connectivity index (χ4v) is 7.45. The molecule has 4 aromatic carbocycles. The van der Waals surface area contributed by atoms with E-state index in [9.17, 15) is 0 Å². The lowest BCUT2D eigenvalue weighted by molar-refractivity contribution is 0.404. The normalized spacial score (nSPS) is 12.1. The highest BCUT2D eigenvalue weighted by Crippen LogP contribution is 2.38. The Kier molecular flexibility index (Phi) is 13.3. The minimum Gasteiger partial charge on any atom is -0.212 e. The van der Waals surface area contributed by atoms with E-state index in [-0.39, 0.29) is 10.8 Å². The van der Waals surface area contributed by atoms with Gasteiger partial charge in [0.2, 0.25) is 0 Å². The lowest BCUT2D eigenvalue weighted by Gasteiger charge is -2.27. The van der Waals surface area contributed by atoms with Crippen molar-refractivity contribution in [3.05, 3.63) is 113 Å². The Labute approximate surface area is 316 Å². The Balaban J connectivity index is 1.56. The molecule has 0 radical (unpaired) electrons. The highest BCUT2D eigenvalue weighted by Gasteiger charge is 2.25. The molecule has 0 fully saturated rings. The second kappa shape index (κ2) is 17.7. The first-order valence-electron chi connectivity index (χ1n) is 20.2. The van der Waals surface area contributed by atoms with Gasteiger partial charge in [0.05, 0.1) is 5.69 Å². The first kappa shape index (κ1) is 39.2. The van der Waals surface area contributed by atoms with Gasteiger partial charge < -0.3 is 0 Å². The third kappa shape index (κ3) is 11.0. The third-order valence-corrected chi connectivity index (χ3v) is 9.97. The summed E-state index contributed by atoms with van der Waals surface area (Å²) in [5, 5.41) is 5.16. The molecule has 0 N–H and O–H groups in total. The second-order valence-corrected chi connectivity index (χ2v) is 17.6. The number of hydrogen-bond acceptors (Lipinski definition) is 2. The van der Waals surface area contributed by atoms with Gasteiger partial charge in [-0.3, -0.25) is 0 Å². The van der Waals surface area contributed by atoms with E-state index in [0.29, 0.717) is 0 Å². The van der Waals surface area contributed by atoms with Crippen molar-refractivity contribution in [2.45, 2.75) is 139 Å². The Morgan fingerprint density at radius 1 is 0.519 bits per heavy atom. The Morgan fingerprint density at radius 3 is 1.48 bits per heavy atom. The topological polar surface area (TPSA) is 30.7 Å². The summed E-state index contributed by atoms with van der Waals surface area (Å²) in [6, 6.07) is 32.3. The van der Waals surface area contributed by atoms with Gasteiger partial charge in [0.15, 0.2) is 5.82 Å². The molecule has 0 unspecified atom stereocenters. The summed E-state index contributed by atoms with van der Waals surface area (Å²) in [7, 11) is 0. The molecule has 1 heterocycles. The van der Waals surface area contributed by atoms with Crippen molar-refractivity contribution in [2.24, 2.45) is 10.8 Å². The molecule has 5 aromatic rings. The SMILES string of the molecule is CCCCCCc1ccc(-c2cccc(-c3nc(C)nn3-c3c(CC(C)(C)C)cc(-c4ccc(CCCCCC)cc4)cc3CC(C)(C)C)c2)cc1. The largest absolute Gasteiger partial charge is 0.212 e. The van der Waals surface area contributed by atoms with Crippen molar-refractivity contribution in [3.8, 4) is 39.3 Å². The summed E-state index contributed by atoms with van der Waals surface area (Å²) < 4.78 is 2.17. The van der Waals surface area contributed by atoms with Crippen LogP contribution < -0.4 is 0 Å². The maximum Gasteiger partial charge on any atom is 0.163 e. The highest BCUT2D eigenvalue weighted by molar-refractivity contribution is 5.73. The number of unbranched alkanes of at least 4 members (excludes halogenated alkanes) is 6. The third-order valence-electron chi connectivity index (χ3n) is 9.97. The highest BCUT2D eigenvalue weighted by atomic mass is 15.4. The summed E-state index contributed by atoms with van der Waals surface area (Å²) in [6.07, 6.45) is 14.5. The van der Waals surface area contributed by atoms with Gasteiger partial charge in [0, 0.05) is 5.56 Å². The first-order valence-corrected chi connectivity index (χ1v) is 20.2. The number of rotatable bonds is 16. The molecule has 3 nitrogen and oxygen atoms in total. The van der Waals surface area contributed by atoms with Crippen LogP contribution in [0.1, 0.15) is 135 Å². The minimum absolute atomic E-state index is 0.0899. The number of nitrogens with zero attached hydrogens (tertiary/aromatic N) is 3. The monoisotopic (exact) mass is 696 g/mol. The molecule has 5 rings (SSSR count). The molecular formula is C49H65N3. The summed E-state index contributed by atoms with van der Waals surface area (Å²) in [6.45, 7) is 20.6. The van der Waals surface area contributed by atoms with E-state index in [2.05, 4.69) is 145 Å². The lowest BCUT2D eigenvalue weighted by Crippen LogP contribution is -2.18. The van der Waals surface area contributed by atoms with Gasteiger partial charge in [0.25, 0.3) is 0 Å². The van der Waals surface area contributed by atoms with Gasteiger partial charge in [-0.2, -0.15) is 5.10 Å². The smallest absolute Gasteiger partial charge is 0.163 e. The Hall–Kier alpha value is -3.98. The molecule has 52 heavy (non-hydrogen) atoms. The predicted molar refractivity (Wildman–Crippen MR) is 224 cm³/mol. The van der Waals surface area contributed by atoms with Crippen LogP contribution in [0, 0.1) is 17.8 Å². The fourth-order valence-electron chi connectivity index (χ4n) is 7.45. The van der Waals surface area contributed by atoms with Gasteiger partial charge in [-0.15, -0.1) is 0 Å². The molecule has 0 aliphatic heterocycles. The molecule has 0 atom stereocenters. The van der Waals surface area contributed by atoms with Crippen LogP contribution in [-0.4, -0.2) is 14.8 Å². The predicted octanol–water partition coefficient (Wildman–Crippen LogP) is 14.0. The van der Waals surface area contributed by atoms with Crippen LogP contribution in [0.2, 0.25) is 0 Å². The van der Waals surface area contributed by atoms with Crippen LogP contribution in [0.15, 0.2) is 84.9 Å². The average molecular weight is 696 g/mol. The lowest BCUT2D eigenvalue weighted by atomic mass is 9.81. The number of aromatic nitrogens is 3. The van der Waals surface area contributed by atoms with Gasteiger partial charge in [-0.1, -0.05) is 161 Å². The van der Waals surface area contributed by atoms with Crippen LogP contribution in [-0.2, 0) is 25.7 Å². The molecule has 0 amide bonds. The first-order chi connectivity index (χ1) is 24.8. The van der Waals surface area contributed by atoms with Crippen LogP contribution in [0.5, 0.6) is 0 Å². The summed E-state index contributed by atoms with van der Waals surface area (Å²) in [4.78, 5) is 5.11. The number of aryl methyl sites for hydroxylation is 3. The Bertz CT molecular complexity index is 1820. The summed E-state index contributed by atoms with van der Waals surface area (Å²) in [5.41, 5.74) is 13.0. The van der Waals surface area contributed by atoms with Crippen LogP contribution >= 0.6 is 0 Å². The molecule has 276 valence electrons. The molecular weight excluding hydrogens is 631 g/mol. The second-order valence-electron chi connectivity index (χ2n) is 17.6. The summed E-state index contributed by atoms with van der Waals surface area (Å²) in [5.74, 6) is 1.69. The van der Waals surface area contributed by atoms with Gasteiger partial charge in [-0.05, 0) is 119 Å². The molecule has 0 bridgehead atoms. The molecule has 0 spiro atoms. The van der Waals surface area contributed by atoms with E-state index >= 15 is 0 Å². The van der Waals surface area contributed by atoms with Crippen molar-refractivity contribution >= 4 is 0 Å². The molecule has 0 aliphatic rings. The summed E-state index contributed by atoms with van der Waals surface area (Å²) >= 11 is 0. The van der Waals surface area contributed by atoms with Gasteiger partial charge in [0.1, 0.15) is 5.82 Å². The van der Waals surface area contributed by atoms with E-state index in [1.807, 2.05) is 6.92 Å². The van der Waals surface area contributed by atoms with Crippen molar-refractivity contribution in [1.82, 2.24) is 14.8 Å². The zero-order valence-corrected chi connectivity index (χ0v) is 33.9. The molecule has 0 saturated heterocycles. The standard InChI is InChI=1S/C49H65N3/c1-10-12-14-16-19-37-23-27-39(28-24-37)41-21-18-22-42(31-41)47-50-36(3)51-52(47)46-44(34-48(4,5)6)32-43(33-45(46)35-49(7,8)9)40-29-25-38(26-30-40)20-17-15-13-11-2/h18,21-33H,10-17,19-20,34-35H2,1-9H3. The van der Waals surface area contributed by atoms with E-state index in [1.54, 1.807) is 0 Å². The van der Waals surface area contributed by atoms with Crippen LogP contribution in [0.25, 0.3) is 39.3 Å². The van der Waals surface area contributed by atoms with E-state index in [4.69, 9.17) is 10.1 Å². The number of hydrogen-bond donors (Lipinski definition) is 0. The van der Waals surface area contributed by atoms with Crippen molar-refractivity contribution in [3.63, 3.8) is 0 Å². The van der Waals surface area contributed by atoms with Gasteiger partial charge in [-0.25, -0.2) is 9.67 Å². The number of benzene rings is 4. The van der Waals surface area contributed by atoms with Crippen molar-refractivity contribution < 1.29 is 0 Å². The molecule has 0 saturated carbocycles.